The third kappa shape index (κ3) is 6.78. The smallest absolute Gasteiger partial charge is 0.309 e. The van der Waals surface area contributed by atoms with Crippen LogP contribution in [0.2, 0.25) is 19.6 Å². The molecule has 0 atom stereocenters. The molecule has 34 heavy (non-hydrogen) atoms. The number of fused-ring (bicyclic) bond motifs is 1. The number of esters is 1. The van der Waals surface area contributed by atoms with Gasteiger partial charge in [0, 0.05) is 28.7 Å². The molecular formula is C30H36O3Si. The van der Waals surface area contributed by atoms with Crippen molar-refractivity contribution in [3.63, 3.8) is 0 Å². The van der Waals surface area contributed by atoms with Gasteiger partial charge in [-0.2, -0.15) is 0 Å². The molecule has 2 aromatic rings. The highest BCUT2D eigenvalue weighted by atomic mass is 28.3. The summed E-state index contributed by atoms with van der Waals surface area (Å²) < 4.78 is 11.2. The van der Waals surface area contributed by atoms with Crippen LogP contribution in [0, 0.1) is 23.3 Å². The van der Waals surface area contributed by atoms with E-state index in [1.807, 2.05) is 24.3 Å². The first-order chi connectivity index (χ1) is 15.8. The summed E-state index contributed by atoms with van der Waals surface area (Å²) in [4.78, 5) is 11.5. The van der Waals surface area contributed by atoms with Gasteiger partial charge in [0.15, 0.2) is 0 Å². The lowest BCUT2D eigenvalue weighted by molar-refractivity contribution is -0.139. The van der Waals surface area contributed by atoms with Crippen molar-refractivity contribution in [2.45, 2.75) is 77.6 Å². The molecule has 0 aliphatic carbocycles. The first-order valence-corrected chi connectivity index (χ1v) is 15.3. The maximum Gasteiger partial charge on any atom is 0.309 e. The Hall–Kier alpha value is -2.95. The molecule has 0 spiro atoms. The SMILES string of the molecule is COC(=O)Cc1ccc(C#Cc2cc(CC#C[Si](C)(C)C)c3c(c2)C(C)(C)CC(C)(C)O3)cc1. The Labute approximate surface area is 206 Å². The van der Waals surface area contributed by atoms with Crippen molar-refractivity contribution in [3.05, 3.63) is 64.2 Å². The van der Waals surface area contributed by atoms with Crippen LogP contribution in [0.5, 0.6) is 5.75 Å². The highest BCUT2D eigenvalue weighted by molar-refractivity contribution is 6.83. The minimum atomic E-state index is -1.45. The molecule has 0 saturated carbocycles. The number of carbonyl (C=O) groups is 1. The summed E-state index contributed by atoms with van der Waals surface area (Å²) in [6.07, 6.45) is 1.87. The zero-order chi connectivity index (χ0) is 25.1. The van der Waals surface area contributed by atoms with E-state index in [-0.39, 0.29) is 23.4 Å². The molecule has 0 saturated heterocycles. The molecule has 0 bridgehead atoms. The number of benzene rings is 2. The summed E-state index contributed by atoms with van der Waals surface area (Å²) >= 11 is 0. The molecule has 0 unspecified atom stereocenters. The van der Waals surface area contributed by atoms with Gasteiger partial charge in [-0.1, -0.05) is 57.5 Å². The van der Waals surface area contributed by atoms with Crippen molar-refractivity contribution in [1.29, 1.82) is 0 Å². The molecule has 3 rings (SSSR count). The van der Waals surface area contributed by atoms with E-state index >= 15 is 0 Å². The molecule has 0 amide bonds. The van der Waals surface area contributed by atoms with Gasteiger partial charge in [0.2, 0.25) is 0 Å². The largest absolute Gasteiger partial charge is 0.487 e. The van der Waals surface area contributed by atoms with E-state index in [0.29, 0.717) is 6.42 Å². The van der Waals surface area contributed by atoms with E-state index in [0.717, 1.165) is 34.4 Å². The fraction of sp³-hybridized carbons (Fsp3) is 0.433. The summed E-state index contributed by atoms with van der Waals surface area (Å²) in [6.45, 7) is 15.7. The van der Waals surface area contributed by atoms with Crippen molar-refractivity contribution in [2.24, 2.45) is 0 Å². The van der Waals surface area contributed by atoms with Crippen LogP contribution in [0.15, 0.2) is 36.4 Å². The van der Waals surface area contributed by atoms with Gasteiger partial charge in [0.05, 0.1) is 13.5 Å². The topological polar surface area (TPSA) is 35.5 Å². The lowest BCUT2D eigenvalue weighted by atomic mass is 9.72. The lowest BCUT2D eigenvalue weighted by Crippen LogP contribution is -2.41. The number of hydrogen-bond acceptors (Lipinski definition) is 3. The van der Waals surface area contributed by atoms with Crippen LogP contribution >= 0.6 is 0 Å². The second-order valence-electron chi connectivity index (χ2n) is 11.4. The third-order valence-corrected chi connectivity index (χ3v) is 6.69. The molecule has 0 radical (unpaired) electrons. The monoisotopic (exact) mass is 472 g/mol. The average molecular weight is 473 g/mol. The third-order valence-electron chi connectivity index (χ3n) is 5.76. The molecule has 2 aromatic carbocycles. The van der Waals surface area contributed by atoms with E-state index in [2.05, 4.69) is 82.8 Å². The zero-order valence-electron chi connectivity index (χ0n) is 21.8. The van der Waals surface area contributed by atoms with Gasteiger partial charge >= 0.3 is 5.97 Å². The van der Waals surface area contributed by atoms with Crippen molar-refractivity contribution in [2.75, 3.05) is 7.11 Å². The Morgan fingerprint density at radius 3 is 2.29 bits per heavy atom. The van der Waals surface area contributed by atoms with Gasteiger partial charge in [0.1, 0.15) is 19.4 Å². The molecule has 4 heteroatoms. The van der Waals surface area contributed by atoms with Crippen molar-refractivity contribution in [3.8, 4) is 29.1 Å². The average Bonchev–Trinajstić information content (AvgIpc) is 2.71. The van der Waals surface area contributed by atoms with Crippen LogP contribution < -0.4 is 4.74 Å². The van der Waals surface area contributed by atoms with E-state index in [4.69, 9.17) is 9.47 Å². The Kier molecular flexibility index (Phi) is 7.34. The summed E-state index contributed by atoms with van der Waals surface area (Å²) in [6, 6.07) is 12.0. The zero-order valence-corrected chi connectivity index (χ0v) is 22.8. The van der Waals surface area contributed by atoms with Gasteiger partial charge < -0.3 is 9.47 Å². The Morgan fingerprint density at radius 1 is 1.03 bits per heavy atom. The normalized spacial score (nSPS) is 15.5. The summed E-state index contributed by atoms with van der Waals surface area (Å²) in [5, 5.41) is 0. The Bertz CT molecular complexity index is 1190. The first-order valence-electron chi connectivity index (χ1n) is 11.8. The maximum atomic E-state index is 11.5. The quantitative estimate of drug-likeness (QED) is 0.309. The second kappa shape index (κ2) is 9.73. The molecular weight excluding hydrogens is 436 g/mol. The lowest BCUT2D eigenvalue weighted by Gasteiger charge is -2.43. The van der Waals surface area contributed by atoms with Crippen molar-refractivity contribution >= 4 is 14.0 Å². The van der Waals surface area contributed by atoms with E-state index in [1.54, 1.807) is 0 Å². The minimum Gasteiger partial charge on any atom is -0.487 e. The molecule has 0 aromatic heterocycles. The molecule has 0 N–H and O–H groups in total. The predicted molar refractivity (Wildman–Crippen MR) is 142 cm³/mol. The van der Waals surface area contributed by atoms with Gasteiger partial charge in [-0.05, 0) is 55.5 Å². The summed E-state index contributed by atoms with van der Waals surface area (Å²) in [7, 11) is -0.0508. The van der Waals surface area contributed by atoms with E-state index in [9.17, 15) is 4.79 Å². The highest BCUT2D eigenvalue weighted by Crippen LogP contribution is 2.46. The molecule has 3 nitrogen and oxygen atoms in total. The fourth-order valence-corrected chi connectivity index (χ4v) is 5.10. The van der Waals surface area contributed by atoms with Crippen LogP contribution in [-0.2, 0) is 27.8 Å². The second-order valence-corrected chi connectivity index (χ2v) is 16.1. The Morgan fingerprint density at radius 2 is 1.68 bits per heavy atom. The molecule has 1 heterocycles. The van der Waals surface area contributed by atoms with Crippen LogP contribution in [-0.4, -0.2) is 26.8 Å². The standard InChI is InChI=1S/C30H36O3Si/c1-29(2)21-30(3,4)33-28-25(10-9-17-34(6,7)8)18-24(19-26(28)29)16-13-22-11-14-23(15-12-22)20-27(31)32-5/h11-12,14-15,18-19H,10,20-21H2,1-8H3. The van der Waals surface area contributed by atoms with Crippen LogP contribution in [0.25, 0.3) is 0 Å². The number of hydrogen-bond donors (Lipinski definition) is 0. The molecule has 178 valence electrons. The van der Waals surface area contributed by atoms with E-state index in [1.165, 1.54) is 12.7 Å². The van der Waals surface area contributed by atoms with Crippen molar-refractivity contribution < 1.29 is 14.3 Å². The number of ether oxygens (including phenoxy) is 2. The molecule has 1 aliphatic rings. The summed E-state index contributed by atoms with van der Waals surface area (Å²) in [5.74, 6) is 10.8. The van der Waals surface area contributed by atoms with Crippen LogP contribution in [0.4, 0.5) is 0 Å². The van der Waals surface area contributed by atoms with Gasteiger partial charge in [0.25, 0.3) is 0 Å². The minimum absolute atomic E-state index is 0.0226. The van der Waals surface area contributed by atoms with E-state index < -0.39 is 8.07 Å². The molecule has 1 aliphatic heterocycles. The van der Waals surface area contributed by atoms with Crippen LogP contribution in [0.1, 0.15) is 61.9 Å². The number of carbonyl (C=O) groups excluding carboxylic acids is 1. The van der Waals surface area contributed by atoms with Crippen molar-refractivity contribution in [1.82, 2.24) is 0 Å². The predicted octanol–water partition coefficient (Wildman–Crippen LogP) is 6.06. The van der Waals surface area contributed by atoms with Gasteiger partial charge in [-0.3, -0.25) is 4.79 Å². The van der Waals surface area contributed by atoms with Crippen LogP contribution in [0.3, 0.4) is 0 Å². The highest BCUT2D eigenvalue weighted by Gasteiger charge is 2.40. The first kappa shape index (κ1) is 25.7. The summed E-state index contributed by atoms with van der Waals surface area (Å²) in [5.41, 5.74) is 8.34. The number of methoxy groups -OCH3 is 1. The maximum absolute atomic E-state index is 11.5. The number of rotatable bonds is 3. The van der Waals surface area contributed by atoms with Gasteiger partial charge in [-0.25, -0.2) is 0 Å². The molecule has 0 fully saturated rings. The fourth-order valence-electron chi connectivity index (χ4n) is 4.48. The Balaban J connectivity index is 1.99. The van der Waals surface area contributed by atoms with Gasteiger partial charge in [-0.15, -0.1) is 11.5 Å².